The van der Waals surface area contributed by atoms with Crippen molar-refractivity contribution in [3.63, 3.8) is 0 Å². The monoisotopic (exact) mass is 208 g/mol. The van der Waals surface area contributed by atoms with Crippen LogP contribution in [0.1, 0.15) is 18.9 Å². The molecule has 14 heavy (non-hydrogen) atoms. The lowest BCUT2D eigenvalue weighted by atomic mass is 10.3. The van der Waals surface area contributed by atoms with Gasteiger partial charge in [0, 0.05) is 18.1 Å². The van der Waals surface area contributed by atoms with Crippen molar-refractivity contribution in [3.8, 4) is 6.07 Å². The molecule has 1 N–H and O–H groups in total. The van der Waals surface area contributed by atoms with Gasteiger partial charge >= 0.3 is 0 Å². The van der Waals surface area contributed by atoms with Crippen molar-refractivity contribution in [1.29, 1.82) is 5.26 Å². The third-order valence-electron chi connectivity index (χ3n) is 1.74. The summed E-state index contributed by atoms with van der Waals surface area (Å²) in [4.78, 5) is 4.13. The fraction of sp³-hybridized carbons (Fsp3) is 0.400. The minimum Gasteiger partial charge on any atom is -0.396 e. The van der Waals surface area contributed by atoms with E-state index in [9.17, 15) is 0 Å². The summed E-state index contributed by atoms with van der Waals surface area (Å²) in [5.74, 6) is 0. The molecule has 0 radical (unpaired) electrons. The topological polar surface area (TPSA) is 56.9 Å². The third kappa shape index (κ3) is 3.02. The van der Waals surface area contributed by atoms with Crippen LogP contribution in [0.25, 0.3) is 0 Å². The first-order chi connectivity index (χ1) is 6.77. The quantitative estimate of drug-likeness (QED) is 0.767. The van der Waals surface area contributed by atoms with Gasteiger partial charge in [-0.05, 0) is 18.6 Å². The fourth-order valence-electron chi connectivity index (χ4n) is 1.00. The SMILES string of the molecule is CC(CCO)Sc1ncccc1C#N. The Hall–Kier alpha value is -1.05. The van der Waals surface area contributed by atoms with Crippen molar-refractivity contribution >= 4 is 11.8 Å². The van der Waals surface area contributed by atoms with E-state index in [1.807, 2.05) is 6.92 Å². The van der Waals surface area contributed by atoms with Crippen LogP contribution in [0.4, 0.5) is 0 Å². The van der Waals surface area contributed by atoms with E-state index >= 15 is 0 Å². The molecule has 0 saturated carbocycles. The number of nitrogens with zero attached hydrogens (tertiary/aromatic N) is 2. The number of aliphatic hydroxyl groups is 1. The summed E-state index contributed by atoms with van der Waals surface area (Å²) in [5, 5.41) is 18.6. The number of thioether (sulfide) groups is 1. The number of aliphatic hydroxyl groups excluding tert-OH is 1. The van der Waals surface area contributed by atoms with E-state index in [-0.39, 0.29) is 11.9 Å². The summed E-state index contributed by atoms with van der Waals surface area (Å²) >= 11 is 1.53. The maximum absolute atomic E-state index is 8.81. The van der Waals surface area contributed by atoms with Crippen LogP contribution in [0.3, 0.4) is 0 Å². The molecule has 74 valence electrons. The summed E-state index contributed by atoms with van der Waals surface area (Å²) in [6.45, 7) is 2.18. The average Bonchev–Trinajstić information content (AvgIpc) is 2.19. The Bertz CT molecular complexity index is 335. The van der Waals surface area contributed by atoms with Gasteiger partial charge in [0.05, 0.1) is 5.56 Å². The molecule has 0 aliphatic heterocycles. The average molecular weight is 208 g/mol. The van der Waals surface area contributed by atoms with Crippen LogP contribution < -0.4 is 0 Å². The Kier molecular flexibility index (Phi) is 4.44. The van der Waals surface area contributed by atoms with Crippen LogP contribution in [0.5, 0.6) is 0 Å². The molecule has 1 rings (SSSR count). The van der Waals surface area contributed by atoms with Crippen molar-refractivity contribution in [2.24, 2.45) is 0 Å². The number of hydrogen-bond donors (Lipinski definition) is 1. The molecule has 0 amide bonds. The lowest BCUT2D eigenvalue weighted by Gasteiger charge is -2.08. The van der Waals surface area contributed by atoms with Crippen molar-refractivity contribution < 1.29 is 5.11 Å². The maximum atomic E-state index is 8.81. The van der Waals surface area contributed by atoms with E-state index in [0.29, 0.717) is 12.0 Å². The molecule has 0 spiro atoms. The number of pyridine rings is 1. The Balaban J connectivity index is 2.71. The Morgan fingerprint density at radius 2 is 2.50 bits per heavy atom. The number of hydrogen-bond acceptors (Lipinski definition) is 4. The molecular formula is C10H12N2OS. The summed E-state index contributed by atoms with van der Waals surface area (Å²) in [6, 6.07) is 5.60. The molecule has 0 fully saturated rings. The van der Waals surface area contributed by atoms with Crippen LogP contribution in [0.15, 0.2) is 23.4 Å². The Morgan fingerprint density at radius 3 is 3.14 bits per heavy atom. The van der Waals surface area contributed by atoms with Gasteiger partial charge in [-0.15, -0.1) is 11.8 Å². The first-order valence-corrected chi connectivity index (χ1v) is 5.28. The van der Waals surface area contributed by atoms with Gasteiger partial charge in [0.25, 0.3) is 0 Å². The molecule has 1 heterocycles. The molecule has 1 unspecified atom stereocenters. The molecule has 1 atom stereocenters. The molecule has 0 aliphatic rings. The number of aromatic nitrogens is 1. The molecule has 3 nitrogen and oxygen atoms in total. The highest BCUT2D eigenvalue weighted by atomic mass is 32.2. The predicted molar refractivity (Wildman–Crippen MR) is 56.0 cm³/mol. The molecule has 4 heteroatoms. The van der Waals surface area contributed by atoms with Gasteiger partial charge in [-0.25, -0.2) is 4.98 Å². The second-order valence-electron chi connectivity index (χ2n) is 2.91. The minimum absolute atomic E-state index is 0.170. The highest BCUT2D eigenvalue weighted by molar-refractivity contribution is 7.99. The van der Waals surface area contributed by atoms with Crippen molar-refractivity contribution in [3.05, 3.63) is 23.9 Å². The van der Waals surface area contributed by atoms with Crippen molar-refractivity contribution in [1.82, 2.24) is 4.98 Å². The standard InChI is InChI=1S/C10H12N2OS/c1-8(4-6-13)14-10-9(7-11)3-2-5-12-10/h2-3,5,8,13H,4,6H2,1H3. The van der Waals surface area contributed by atoms with Crippen LogP contribution in [-0.4, -0.2) is 21.9 Å². The van der Waals surface area contributed by atoms with Crippen molar-refractivity contribution in [2.45, 2.75) is 23.6 Å². The van der Waals surface area contributed by atoms with E-state index in [2.05, 4.69) is 11.1 Å². The summed E-state index contributed by atoms with van der Waals surface area (Å²) in [5.41, 5.74) is 0.599. The lowest BCUT2D eigenvalue weighted by molar-refractivity contribution is 0.289. The van der Waals surface area contributed by atoms with Gasteiger partial charge < -0.3 is 5.11 Å². The van der Waals surface area contributed by atoms with Gasteiger partial charge in [-0.3, -0.25) is 0 Å². The zero-order valence-electron chi connectivity index (χ0n) is 7.97. The van der Waals surface area contributed by atoms with E-state index in [4.69, 9.17) is 10.4 Å². The van der Waals surface area contributed by atoms with Crippen LogP contribution in [0.2, 0.25) is 0 Å². The molecule has 1 aromatic heterocycles. The van der Waals surface area contributed by atoms with E-state index in [0.717, 1.165) is 5.03 Å². The lowest BCUT2D eigenvalue weighted by Crippen LogP contribution is -2.00. The minimum atomic E-state index is 0.170. The number of nitriles is 1. The van der Waals surface area contributed by atoms with Crippen LogP contribution in [-0.2, 0) is 0 Å². The van der Waals surface area contributed by atoms with E-state index in [1.54, 1.807) is 18.3 Å². The molecule has 0 bridgehead atoms. The van der Waals surface area contributed by atoms with Gasteiger partial charge in [-0.2, -0.15) is 5.26 Å². The summed E-state index contributed by atoms with van der Waals surface area (Å²) < 4.78 is 0. The second kappa shape index (κ2) is 5.63. The van der Waals surface area contributed by atoms with Gasteiger partial charge in [0.2, 0.25) is 0 Å². The predicted octanol–water partition coefficient (Wildman–Crippen LogP) is 1.82. The summed E-state index contributed by atoms with van der Waals surface area (Å²) in [7, 11) is 0. The normalized spacial score (nSPS) is 12.1. The Labute approximate surface area is 87.8 Å². The van der Waals surface area contributed by atoms with Crippen molar-refractivity contribution in [2.75, 3.05) is 6.61 Å². The van der Waals surface area contributed by atoms with Crippen LogP contribution >= 0.6 is 11.8 Å². The maximum Gasteiger partial charge on any atom is 0.114 e. The van der Waals surface area contributed by atoms with Gasteiger partial charge in [-0.1, -0.05) is 6.92 Å². The molecule has 1 aromatic rings. The Morgan fingerprint density at radius 1 is 1.71 bits per heavy atom. The van der Waals surface area contributed by atoms with E-state index < -0.39 is 0 Å². The summed E-state index contributed by atoms with van der Waals surface area (Å²) in [6.07, 6.45) is 2.39. The smallest absolute Gasteiger partial charge is 0.114 e. The van der Waals surface area contributed by atoms with Gasteiger partial charge in [0.1, 0.15) is 11.1 Å². The first kappa shape index (κ1) is 11.0. The fourth-order valence-corrected chi connectivity index (χ4v) is 1.97. The molecular weight excluding hydrogens is 196 g/mol. The molecule has 0 aliphatic carbocycles. The largest absolute Gasteiger partial charge is 0.396 e. The van der Waals surface area contributed by atoms with Gasteiger partial charge in [0.15, 0.2) is 0 Å². The highest BCUT2D eigenvalue weighted by Gasteiger charge is 2.08. The number of rotatable bonds is 4. The first-order valence-electron chi connectivity index (χ1n) is 4.40. The molecule has 0 saturated heterocycles. The second-order valence-corrected chi connectivity index (χ2v) is 4.34. The third-order valence-corrected chi connectivity index (χ3v) is 2.93. The highest BCUT2D eigenvalue weighted by Crippen LogP contribution is 2.25. The van der Waals surface area contributed by atoms with E-state index in [1.165, 1.54) is 11.8 Å². The zero-order valence-corrected chi connectivity index (χ0v) is 8.79. The molecule has 0 aromatic carbocycles. The zero-order chi connectivity index (χ0) is 10.4. The van der Waals surface area contributed by atoms with Crippen LogP contribution in [0, 0.1) is 11.3 Å².